The monoisotopic (exact) mass is 443 g/mol. The standard InChI is InChI=1S/C21H21N3O4S2/c1-4-24-18-8-6-15(30(22,26)27)10-17(18)23-21(24)29-11-14-9-19(25)28-20-13(3)12(2)5-7-16(14)20/h5-10H,4,11H2,1-3H3,(H2,22,26,27). The van der Waals surface area contributed by atoms with Gasteiger partial charge in [0, 0.05) is 23.8 Å². The Balaban J connectivity index is 1.75. The van der Waals surface area contributed by atoms with Crippen LogP contribution in [0.3, 0.4) is 0 Å². The second-order valence-corrected chi connectivity index (χ2v) is 9.60. The number of aryl methyl sites for hydroxylation is 3. The third-order valence-electron chi connectivity index (χ3n) is 5.20. The van der Waals surface area contributed by atoms with Crippen LogP contribution in [-0.2, 0) is 22.3 Å². The zero-order valence-corrected chi connectivity index (χ0v) is 18.4. The van der Waals surface area contributed by atoms with Crippen LogP contribution in [0.5, 0.6) is 0 Å². The fourth-order valence-corrected chi connectivity index (χ4v) is 5.07. The molecule has 2 aromatic heterocycles. The highest BCUT2D eigenvalue weighted by Crippen LogP contribution is 2.31. The molecule has 9 heteroatoms. The van der Waals surface area contributed by atoms with Gasteiger partial charge in [0.15, 0.2) is 5.16 Å². The Morgan fingerprint density at radius 2 is 1.93 bits per heavy atom. The van der Waals surface area contributed by atoms with E-state index in [4.69, 9.17) is 9.56 Å². The maximum Gasteiger partial charge on any atom is 0.336 e. The Bertz CT molecular complexity index is 1450. The number of sulfonamides is 1. The summed E-state index contributed by atoms with van der Waals surface area (Å²) in [5, 5.41) is 6.89. The molecule has 7 nitrogen and oxygen atoms in total. The normalized spacial score (nSPS) is 12.1. The SMILES string of the molecule is CCn1c(SCc2cc(=O)oc3c(C)c(C)ccc23)nc2cc(S(N)(=O)=O)ccc21. The molecule has 0 fully saturated rings. The number of nitrogens with zero attached hydrogens (tertiary/aromatic N) is 2. The molecular formula is C21H21N3O4S2. The summed E-state index contributed by atoms with van der Waals surface area (Å²) in [6.07, 6.45) is 0. The van der Waals surface area contributed by atoms with Crippen molar-refractivity contribution in [2.24, 2.45) is 5.14 Å². The molecule has 0 unspecified atom stereocenters. The Labute approximate surface area is 178 Å². The number of imidazole rings is 1. The van der Waals surface area contributed by atoms with Crippen LogP contribution in [0.4, 0.5) is 0 Å². The third-order valence-corrected chi connectivity index (χ3v) is 7.14. The minimum atomic E-state index is -3.80. The molecule has 0 aliphatic heterocycles. The van der Waals surface area contributed by atoms with E-state index < -0.39 is 10.0 Å². The van der Waals surface area contributed by atoms with Crippen molar-refractivity contribution in [2.45, 2.75) is 43.1 Å². The van der Waals surface area contributed by atoms with E-state index in [0.29, 0.717) is 23.4 Å². The van der Waals surface area contributed by atoms with Gasteiger partial charge in [-0.15, -0.1) is 0 Å². The molecule has 2 N–H and O–H groups in total. The van der Waals surface area contributed by atoms with Crippen LogP contribution in [0.25, 0.3) is 22.0 Å². The lowest BCUT2D eigenvalue weighted by Gasteiger charge is -2.09. The molecule has 0 radical (unpaired) electrons. The molecule has 2 heterocycles. The van der Waals surface area contributed by atoms with Crippen LogP contribution >= 0.6 is 11.8 Å². The Hall–Kier alpha value is -2.62. The van der Waals surface area contributed by atoms with Crippen molar-refractivity contribution < 1.29 is 12.8 Å². The molecule has 4 rings (SSSR count). The van der Waals surface area contributed by atoms with Gasteiger partial charge in [0.05, 0.1) is 15.9 Å². The summed E-state index contributed by atoms with van der Waals surface area (Å²) in [6.45, 7) is 6.59. The molecule has 0 atom stereocenters. The Morgan fingerprint density at radius 1 is 1.17 bits per heavy atom. The van der Waals surface area contributed by atoms with Gasteiger partial charge in [-0.1, -0.05) is 23.9 Å². The van der Waals surface area contributed by atoms with Crippen molar-refractivity contribution in [3.05, 3.63) is 63.5 Å². The fraction of sp³-hybridized carbons (Fsp3) is 0.238. The van der Waals surface area contributed by atoms with Crippen LogP contribution in [0.1, 0.15) is 23.6 Å². The van der Waals surface area contributed by atoms with Crippen molar-refractivity contribution in [2.75, 3.05) is 0 Å². The fourth-order valence-electron chi connectivity index (χ4n) is 3.47. The predicted octanol–water partition coefficient (Wildman–Crippen LogP) is 3.72. The maximum absolute atomic E-state index is 12.1. The first-order valence-corrected chi connectivity index (χ1v) is 11.9. The number of primary sulfonamides is 1. The third kappa shape index (κ3) is 3.64. The van der Waals surface area contributed by atoms with Gasteiger partial charge in [-0.25, -0.2) is 23.3 Å². The highest BCUT2D eigenvalue weighted by atomic mass is 32.2. The van der Waals surface area contributed by atoms with Gasteiger partial charge in [-0.05, 0) is 55.7 Å². The predicted molar refractivity (Wildman–Crippen MR) is 118 cm³/mol. The number of fused-ring (bicyclic) bond motifs is 2. The molecule has 0 aliphatic rings. The first kappa shape index (κ1) is 20.6. The lowest BCUT2D eigenvalue weighted by Crippen LogP contribution is -2.11. The van der Waals surface area contributed by atoms with Gasteiger partial charge in [0.1, 0.15) is 5.58 Å². The van der Waals surface area contributed by atoms with Crippen LogP contribution in [0.15, 0.2) is 55.7 Å². The highest BCUT2D eigenvalue weighted by Gasteiger charge is 2.16. The number of aromatic nitrogens is 2. The number of thioether (sulfide) groups is 1. The summed E-state index contributed by atoms with van der Waals surface area (Å²) >= 11 is 1.49. The van der Waals surface area contributed by atoms with E-state index in [1.165, 1.54) is 30.0 Å². The Kier molecular flexibility index (Phi) is 5.21. The van der Waals surface area contributed by atoms with Gasteiger partial charge in [0.25, 0.3) is 0 Å². The first-order chi connectivity index (χ1) is 14.2. The largest absolute Gasteiger partial charge is 0.422 e. The number of hydrogen-bond donors (Lipinski definition) is 1. The lowest BCUT2D eigenvalue weighted by molar-refractivity contribution is 0.557. The lowest BCUT2D eigenvalue weighted by atomic mass is 10.0. The quantitative estimate of drug-likeness (QED) is 0.372. The number of benzene rings is 2. The summed E-state index contributed by atoms with van der Waals surface area (Å²) in [4.78, 5) is 16.8. The zero-order valence-electron chi connectivity index (χ0n) is 16.8. The summed E-state index contributed by atoms with van der Waals surface area (Å²) in [5.41, 5.74) is 4.51. The zero-order chi connectivity index (χ0) is 21.6. The summed E-state index contributed by atoms with van der Waals surface area (Å²) in [5.74, 6) is 0.524. The van der Waals surface area contributed by atoms with Crippen molar-refractivity contribution in [3.8, 4) is 0 Å². The van der Waals surface area contributed by atoms with E-state index in [9.17, 15) is 13.2 Å². The average Bonchev–Trinajstić information content (AvgIpc) is 3.05. The number of hydrogen-bond acceptors (Lipinski definition) is 6. The van der Waals surface area contributed by atoms with Gasteiger partial charge in [-0.3, -0.25) is 0 Å². The van der Waals surface area contributed by atoms with Crippen molar-refractivity contribution in [3.63, 3.8) is 0 Å². The van der Waals surface area contributed by atoms with Gasteiger partial charge >= 0.3 is 5.63 Å². The maximum atomic E-state index is 12.1. The van der Waals surface area contributed by atoms with E-state index in [-0.39, 0.29) is 10.5 Å². The second-order valence-electron chi connectivity index (χ2n) is 7.10. The van der Waals surface area contributed by atoms with E-state index in [1.807, 2.05) is 37.5 Å². The summed E-state index contributed by atoms with van der Waals surface area (Å²) in [7, 11) is -3.80. The molecular weight excluding hydrogens is 422 g/mol. The van der Waals surface area contributed by atoms with Gasteiger partial charge in [-0.2, -0.15) is 0 Å². The Morgan fingerprint density at radius 3 is 2.63 bits per heavy atom. The smallest absolute Gasteiger partial charge is 0.336 e. The molecule has 30 heavy (non-hydrogen) atoms. The average molecular weight is 444 g/mol. The molecule has 0 aliphatic carbocycles. The van der Waals surface area contributed by atoms with E-state index in [2.05, 4.69) is 4.98 Å². The second kappa shape index (κ2) is 7.57. The van der Waals surface area contributed by atoms with Crippen molar-refractivity contribution in [1.29, 1.82) is 0 Å². The van der Waals surface area contributed by atoms with Crippen LogP contribution in [0, 0.1) is 13.8 Å². The minimum absolute atomic E-state index is 0.0322. The summed E-state index contributed by atoms with van der Waals surface area (Å²) < 4.78 is 30.8. The molecule has 4 aromatic rings. The van der Waals surface area contributed by atoms with Gasteiger partial charge < -0.3 is 8.98 Å². The molecule has 0 spiro atoms. The topological polar surface area (TPSA) is 108 Å². The van der Waals surface area contributed by atoms with Crippen molar-refractivity contribution in [1.82, 2.24) is 9.55 Å². The van der Waals surface area contributed by atoms with Crippen LogP contribution in [0.2, 0.25) is 0 Å². The number of rotatable bonds is 5. The first-order valence-electron chi connectivity index (χ1n) is 9.38. The molecule has 0 saturated carbocycles. The molecule has 2 aromatic carbocycles. The van der Waals surface area contributed by atoms with Gasteiger partial charge in [0.2, 0.25) is 10.0 Å². The molecule has 0 saturated heterocycles. The molecule has 0 amide bonds. The summed E-state index contributed by atoms with van der Waals surface area (Å²) in [6, 6.07) is 10.2. The molecule has 0 bridgehead atoms. The number of nitrogens with two attached hydrogens (primary N) is 1. The van der Waals surface area contributed by atoms with E-state index in [0.717, 1.165) is 32.7 Å². The van der Waals surface area contributed by atoms with E-state index >= 15 is 0 Å². The molecule has 156 valence electrons. The van der Waals surface area contributed by atoms with Crippen LogP contribution < -0.4 is 10.8 Å². The van der Waals surface area contributed by atoms with Crippen LogP contribution in [-0.4, -0.2) is 18.0 Å². The minimum Gasteiger partial charge on any atom is -0.422 e. The van der Waals surface area contributed by atoms with Crippen molar-refractivity contribution >= 4 is 43.8 Å². The highest BCUT2D eigenvalue weighted by molar-refractivity contribution is 7.98. The van der Waals surface area contributed by atoms with E-state index in [1.54, 1.807) is 6.07 Å².